The van der Waals surface area contributed by atoms with E-state index in [0.717, 1.165) is 34.6 Å². The van der Waals surface area contributed by atoms with Gasteiger partial charge in [0.1, 0.15) is 201 Å². The molecule has 9 aliphatic heterocycles. The number of rotatable bonds is 40. The number of hydrogen-bond acceptors (Lipinski definition) is 51. The fourth-order valence-electron chi connectivity index (χ4n) is 16.6. The van der Waals surface area contributed by atoms with Crippen molar-refractivity contribution in [1.82, 2.24) is 21.3 Å². The number of carboxylic acid groups (broad SMARTS) is 2. The van der Waals surface area contributed by atoms with Gasteiger partial charge in [-0.15, -0.1) is 0 Å². The van der Waals surface area contributed by atoms with Crippen molar-refractivity contribution in [3.05, 3.63) is 0 Å². The zero-order valence-electron chi connectivity index (χ0n) is 72.5. The Morgan fingerprint density at radius 2 is 0.752 bits per heavy atom. The number of aliphatic hydroxyl groups excluding tert-OH is 24. The molecule has 9 heterocycles. The first-order valence-electron chi connectivity index (χ1n) is 42.0. The smallest absolute Gasteiger partial charge is 0.397 e. The summed E-state index contributed by atoms with van der Waals surface area (Å²) in [6.45, 7) is -0.0700. The zero-order valence-corrected chi connectivity index (χ0v) is 74.3. The average Bonchev–Trinajstić information content (AvgIpc) is 0.753. The first kappa shape index (κ1) is 112. The molecule has 0 saturated carbocycles. The van der Waals surface area contributed by atoms with Crippen LogP contribution >= 0.6 is 0 Å². The quantitative estimate of drug-likeness (QED) is 0.0200. The summed E-state index contributed by atoms with van der Waals surface area (Å²) in [4.78, 5) is 79.7. The number of amides is 4. The Balaban J connectivity index is 1.15. The minimum Gasteiger partial charge on any atom is -0.477 e. The van der Waals surface area contributed by atoms with Gasteiger partial charge in [-0.3, -0.25) is 23.7 Å². The summed E-state index contributed by atoms with van der Waals surface area (Å²) < 4.78 is 149. The monoisotopic (exact) mass is 1980 g/mol. The molecule has 4 amide bonds. The fraction of sp³-hybridized carbons (Fsp3) is 0.918. The van der Waals surface area contributed by atoms with Gasteiger partial charge < -0.3 is 239 Å². The van der Waals surface area contributed by atoms with Crippen LogP contribution in [-0.2, 0) is 129 Å². The summed E-state index contributed by atoms with van der Waals surface area (Å²) in [7, 11) is -7.60. The van der Waals surface area contributed by atoms with Crippen molar-refractivity contribution in [3.8, 4) is 0 Å². The SMILES string of the molecule is CC(=O)N[C@H]1[C@@H](O[C@@H]2[C@H](O)[C@H](O[C@@H]3[C@@H](O)[C@H](O)[C@@H](OCC[Si](C)(C)C)O[C@@H]3CO)O[C@H](CO)[C@@H]2O)O[C@H](CO[C@H]2O[C@H](COS(=O)(=O)O)[C@@H](O[C@H]3O[C@@H](CO)[C@@H](O)C(O[C@]4(C(=O)O)C[C@H](O)[C@@H](NC(C)=O)[C@@H]([C@@H](O)[C@@H](O)CO)O4)[C@H]3O)[C@@H](O[C@H]3O[C@H](C)[C@H](O)[C@@H](O)[C@@H]3O)[C@H]2NC(C)=O)[C@@H](O)[C@H]1O[C@H]1O[C@@H](CO)[C@@H](O)[C@H](O[C@]2(C(=O)O)C[C@H](O)[C@@H](NC(C)=O)[C@@H]([C@@H](O)[C@@H](O)CO)O2)[C@H]1O. The number of aliphatic carboxylic acids is 2. The highest BCUT2D eigenvalue weighted by molar-refractivity contribution is 7.80. The molecule has 0 aliphatic carbocycles. The maximum atomic E-state index is 13.9. The number of nitrogens with one attached hydrogen (secondary N) is 4. The van der Waals surface area contributed by atoms with Crippen LogP contribution in [0.4, 0.5) is 0 Å². The van der Waals surface area contributed by atoms with Gasteiger partial charge in [0.2, 0.25) is 23.6 Å². The van der Waals surface area contributed by atoms with Crippen molar-refractivity contribution in [1.29, 1.82) is 0 Å². The lowest BCUT2D eigenvalue weighted by Crippen LogP contribution is -2.72. The van der Waals surface area contributed by atoms with Crippen LogP contribution in [0.25, 0.3) is 0 Å². The van der Waals surface area contributed by atoms with Gasteiger partial charge >= 0.3 is 22.3 Å². The molecule has 0 aromatic heterocycles. The summed E-state index contributed by atoms with van der Waals surface area (Å²) in [5.41, 5.74) is 0. The van der Waals surface area contributed by atoms with Crippen molar-refractivity contribution >= 4 is 54.0 Å². The summed E-state index contributed by atoms with van der Waals surface area (Å²) in [5, 5.41) is 303. The Morgan fingerprint density at radius 1 is 0.391 bits per heavy atom. The van der Waals surface area contributed by atoms with E-state index >= 15 is 0 Å². The molecule has 58 nitrogen and oxygen atoms in total. The molecular weight excluding hydrogens is 1860 g/mol. The Kier molecular flexibility index (Phi) is 39.7. The highest BCUT2D eigenvalue weighted by Crippen LogP contribution is 2.44. The van der Waals surface area contributed by atoms with E-state index in [-0.39, 0.29) is 6.61 Å². The lowest BCUT2D eigenvalue weighted by molar-refractivity contribution is -0.395. The Bertz CT molecular complexity index is 3880. The van der Waals surface area contributed by atoms with Gasteiger partial charge in [0.05, 0.1) is 83.3 Å². The second-order valence-electron chi connectivity index (χ2n) is 34.7. The van der Waals surface area contributed by atoms with Gasteiger partial charge in [-0.25, -0.2) is 13.8 Å². The summed E-state index contributed by atoms with van der Waals surface area (Å²) in [6, 6.07) is -7.79. The molecule has 133 heavy (non-hydrogen) atoms. The molecule has 9 aliphatic rings. The van der Waals surface area contributed by atoms with Gasteiger partial charge in [-0.1, -0.05) is 19.6 Å². The minimum absolute atomic E-state index is 0.00222. The van der Waals surface area contributed by atoms with Crippen LogP contribution in [0.5, 0.6) is 0 Å². The van der Waals surface area contributed by atoms with E-state index in [4.69, 9.17) is 89.4 Å². The highest BCUT2D eigenvalue weighted by Gasteiger charge is 2.65. The number of carboxylic acids is 2. The summed E-state index contributed by atoms with van der Waals surface area (Å²) >= 11 is 0. The van der Waals surface area contributed by atoms with Crippen LogP contribution in [0.3, 0.4) is 0 Å². The van der Waals surface area contributed by atoms with Crippen molar-refractivity contribution in [2.45, 2.75) is 360 Å². The third-order valence-electron chi connectivity index (χ3n) is 23.6. The van der Waals surface area contributed by atoms with Crippen LogP contribution in [0, 0.1) is 0 Å². The molecule has 0 bridgehead atoms. The topological polar surface area (TPSA) is 906 Å². The molecule has 9 fully saturated rings. The third kappa shape index (κ3) is 26.3. The molecule has 60 heteroatoms. The highest BCUT2D eigenvalue weighted by atomic mass is 32.3. The van der Waals surface area contributed by atoms with Crippen LogP contribution in [-0.4, -0.2) is 536 Å². The molecule has 0 aromatic rings. The normalized spacial score (nSPS) is 44.3. The molecule has 9 rings (SSSR count). The van der Waals surface area contributed by atoms with Crippen molar-refractivity contribution in [3.63, 3.8) is 0 Å². The Hall–Kier alpha value is -4.77. The summed E-state index contributed by atoms with van der Waals surface area (Å²) in [5.74, 6) is -15.7. The second kappa shape index (κ2) is 47.2. The molecular formula is C73H124N4O54SSi. The third-order valence-corrected chi connectivity index (χ3v) is 25.7. The lowest BCUT2D eigenvalue weighted by Gasteiger charge is -2.52. The minimum atomic E-state index is -5.78. The summed E-state index contributed by atoms with van der Waals surface area (Å²) in [6.07, 6.45) is -97.9. The molecule has 47 atom stereocenters. The van der Waals surface area contributed by atoms with Gasteiger partial charge in [0.15, 0.2) is 44.0 Å². The standard InChI is InChI=1S/C73H124N4O54SSi/c1-21-40(92)47(99)49(101)66(116-21)126-59-39(77-25(5)87)63(122-35(20-115-132(110,111)112)55(59)124-68-52(104)61(44(96)31(16-81)118-68)130-72(70(106)107)11-26(88)36(74-22(2)84)57(128-72)41(93)28(90)13-78)114-19-34-46(98)56(125-69-53(105)62(45(97)32(17-82)119-69)131-73(71(108)109)12-27(89)37(75-23(3)85)58(129-73)42(94)29(91)14-79)38(76-24(4)86)64(121-34)127-60-43(95)30(15-80)117-67(51(60)103)123-54-33(18-83)120-65(50(102)48(54)100)113-9-10-133(6,7)8/h21,26-69,78-83,88-105H,9-20H2,1-8H3,(H,74,84)(H,75,85)(H,76,86)(H,77,87)(H,106,107)(H,108,109)(H,110,111,112)/t21-,26+,27+,28+,29+,30-,31+,32+,33-,34-,35-,36-,37-,38-,39-,40+,41+,42+,43+,44-,45-,46-,47-,48+,49+,50+,51+,52-,53-,54+,55-,56+,57+,58+,59+,60+,61?,62+,63+,64-,65+,66-,67+,68-,69-,72+,73+/m1/s1. The first-order valence-corrected chi connectivity index (χ1v) is 47.1. The predicted molar refractivity (Wildman–Crippen MR) is 419 cm³/mol. The van der Waals surface area contributed by atoms with Crippen LogP contribution < -0.4 is 21.3 Å². The van der Waals surface area contributed by atoms with Crippen LogP contribution in [0.2, 0.25) is 25.7 Å². The van der Waals surface area contributed by atoms with E-state index in [9.17, 15) is 175 Å². The molecule has 0 spiro atoms. The van der Waals surface area contributed by atoms with Crippen LogP contribution in [0.1, 0.15) is 47.5 Å². The van der Waals surface area contributed by atoms with Crippen molar-refractivity contribution in [2.75, 3.05) is 59.5 Å². The zero-order chi connectivity index (χ0) is 99.2. The maximum absolute atomic E-state index is 13.9. The molecule has 770 valence electrons. The first-order chi connectivity index (χ1) is 62.1. The van der Waals surface area contributed by atoms with E-state index in [2.05, 4.69) is 21.3 Å². The van der Waals surface area contributed by atoms with Gasteiger partial charge in [-0.2, -0.15) is 8.42 Å². The van der Waals surface area contributed by atoms with E-state index in [0.29, 0.717) is 6.04 Å². The van der Waals surface area contributed by atoms with E-state index in [1.165, 1.54) is 0 Å². The molecule has 31 N–H and O–H groups in total. The van der Waals surface area contributed by atoms with E-state index in [1.807, 2.05) is 19.6 Å². The van der Waals surface area contributed by atoms with Crippen LogP contribution in [0.15, 0.2) is 0 Å². The number of carbonyl (C=O) groups excluding carboxylic acids is 4. The van der Waals surface area contributed by atoms with Crippen molar-refractivity contribution < 1.29 is 264 Å². The Morgan fingerprint density at radius 3 is 1.17 bits per heavy atom. The maximum Gasteiger partial charge on any atom is 0.397 e. The second-order valence-corrected chi connectivity index (χ2v) is 41.4. The largest absolute Gasteiger partial charge is 0.477 e. The van der Waals surface area contributed by atoms with E-state index in [1.54, 1.807) is 0 Å². The Labute approximate surface area is 756 Å². The lowest BCUT2D eigenvalue weighted by atomic mass is 9.88. The van der Waals surface area contributed by atoms with E-state index < -0.39 is 407 Å². The number of hydrogen-bond donors (Lipinski definition) is 31. The average molecular weight is 1980 g/mol. The number of carbonyl (C=O) groups is 6. The molecule has 0 aromatic carbocycles. The van der Waals surface area contributed by atoms with Gasteiger partial charge in [0, 0.05) is 55.2 Å². The van der Waals surface area contributed by atoms with Gasteiger partial charge in [0.25, 0.3) is 11.6 Å². The molecule has 9 saturated heterocycles. The number of ether oxygens (including phenoxy) is 18. The van der Waals surface area contributed by atoms with Crippen molar-refractivity contribution in [2.24, 2.45) is 0 Å². The molecule has 1 unspecified atom stereocenters. The van der Waals surface area contributed by atoms with Gasteiger partial charge in [-0.05, 0) is 13.0 Å². The molecule has 0 radical (unpaired) electrons. The number of aliphatic hydroxyl groups is 24. The fourth-order valence-corrected chi connectivity index (χ4v) is 17.6. The predicted octanol–water partition coefficient (Wildman–Crippen LogP) is -18.4.